The third-order valence-electron chi connectivity index (χ3n) is 6.20. The molecule has 11 nitrogen and oxygen atoms in total. The van der Waals surface area contributed by atoms with E-state index in [9.17, 15) is 29.4 Å². The van der Waals surface area contributed by atoms with Crippen molar-refractivity contribution in [1.82, 2.24) is 20.9 Å². The first-order valence-electron chi connectivity index (χ1n) is 12.2. The van der Waals surface area contributed by atoms with E-state index in [1.165, 1.54) is 13.8 Å². The zero-order valence-corrected chi connectivity index (χ0v) is 21.2. The number of aliphatic carboxylic acids is 1. The maximum Gasteiger partial charge on any atom is 0.326 e. The number of carboxylic acids is 1. The number of nitrogens with two attached hydrogens (primary N) is 1. The van der Waals surface area contributed by atoms with Gasteiger partial charge >= 0.3 is 5.97 Å². The molecule has 5 unspecified atom stereocenters. The van der Waals surface area contributed by atoms with Crippen LogP contribution in [0, 0.1) is 0 Å². The Kier molecular flexibility index (Phi) is 9.58. The topological polar surface area (TPSA) is 187 Å². The Morgan fingerprint density at radius 3 is 2.13 bits per heavy atom. The van der Waals surface area contributed by atoms with E-state index >= 15 is 0 Å². The number of rotatable bonds is 12. The van der Waals surface area contributed by atoms with Crippen LogP contribution in [0.2, 0.25) is 0 Å². The second-order valence-corrected chi connectivity index (χ2v) is 9.21. The molecule has 8 N–H and O–H groups in total. The number of benzene rings is 2. The normalized spacial score (nSPS) is 15.1. The number of aromatic amines is 1. The van der Waals surface area contributed by atoms with Crippen LogP contribution in [0.1, 0.15) is 25.0 Å². The molecule has 1 heterocycles. The molecule has 2 aromatic carbocycles. The number of hydrogen-bond donors (Lipinski definition) is 7. The van der Waals surface area contributed by atoms with Crippen molar-refractivity contribution < 1.29 is 29.4 Å². The highest BCUT2D eigenvalue weighted by Crippen LogP contribution is 2.19. The highest BCUT2D eigenvalue weighted by Gasteiger charge is 2.29. The second-order valence-electron chi connectivity index (χ2n) is 9.21. The van der Waals surface area contributed by atoms with Crippen LogP contribution in [-0.2, 0) is 32.0 Å². The molecular formula is C27H33N5O6. The van der Waals surface area contributed by atoms with Crippen molar-refractivity contribution in [3.05, 3.63) is 71.9 Å². The average Bonchev–Trinajstić information content (AvgIpc) is 3.30. The van der Waals surface area contributed by atoms with Crippen LogP contribution in [0.25, 0.3) is 10.9 Å². The number of carboxylic acid groups (broad SMARTS) is 1. The van der Waals surface area contributed by atoms with Gasteiger partial charge in [-0.15, -0.1) is 0 Å². The average molecular weight is 524 g/mol. The lowest BCUT2D eigenvalue weighted by molar-refractivity contribution is -0.142. The molecule has 0 bridgehead atoms. The summed E-state index contributed by atoms with van der Waals surface area (Å²) in [6.07, 6.45) is 0.713. The van der Waals surface area contributed by atoms with E-state index in [4.69, 9.17) is 5.73 Å². The van der Waals surface area contributed by atoms with Gasteiger partial charge in [-0.2, -0.15) is 0 Å². The number of carbonyl (C=O) groups excluding carboxylic acids is 3. The maximum atomic E-state index is 13.1. The fraction of sp³-hybridized carbons (Fsp3) is 0.333. The highest BCUT2D eigenvalue weighted by molar-refractivity contribution is 5.94. The summed E-state index contributed by atoms with van der Waals surface area (Å²) in [5.74, 6) is -3.30. The predicted octanol–water partition coefficient (Wildman–Crippen LogP) is 0.220. The van der Waals surface area contributed by atoms with Gasteiger partial charge in [0, 0.05) is 29.9 Å². The molecule has 0 saturated heterocycles. The quantitative estimate of drug-likeness (QED) is 0.177. The number of aliphatic hydroxyl groups is 1. The monoisotopic (exact) mass is 523 g/mol. The molecule has 202 valence electrons. The molecule has 5 atom stereocenters. The summed E-state index contributed by atoms with van der Waals surface area (Å²) in [5.41, 5.74) is 8.03. The van der Waals surface area contributed by atoms with Crippen LogP contribution in [0.5, 0.6) is 0 Å². The zero-order chi connectivity index (χ0) is 27.8. The Bertz CT molecular complexity index is 1280. The molecule has 0 aliphatic rings. The molecule has 0 fully saturated rings. The molecule has 3 aromatic rings. The molecule has 0 spiro atoms. The van der Waals surface area contributed by atoms with Crippen LogP contribution in [0.3, 0.4) is 0 Å². The number of hydrogen-bond acceptors (Lipinski definition) is 6. The number of aliphatic hydroxyl groups excluding tert-OH is 1. The van der Waals surface area contributed by atoms with Gasteiger partial charge in [0.2, 0.25) is 17.7 Å². The van der Waals surface area contributed by atoms with Crippen LogP contribution in [0.15, 0.2) is 60.8 Å². The van der Waals surface area contributed by atoms with Crippen molar-refractivity contribution in [3.8, 4) is 0 Å². The molecule has 1 aromatic heterocycles. The van der Waals surface area contributed by atoms with Gasteiger partial charge in [-0.05, 0) is 31.0 Å². The number of nitrogens with one attached hydrogen (secondary N) is 4. The van der Waals surface area contributed by atoms with Gasteiger partial charge in [-0.1, -0.05) is 48.5 Å². The van der Waals surface area contributed by atoms with Crippen LogP contribution in [0.4, 0.5) is 0 Å². The molecule has 38 heavy (non-hydrogen) atoms. The third-order valence-corrected chi connectivity index (χ3v) is 6.20. The van der Waals surface area contributed by atoms with E-state index < -0.39 is 54.0 Å². The lowest BCUT2D eigenvalue weighted by Crippen LogP contribution is -2.58. The van der Waals surface area contributed by atoms with Crippen molar-refractivity contribution >= 4 is 34.6 Å². The van der Waals surface area contributed by atoms with Gasteiger partial charge in [0.05, 0.1) is 6.10 Å². The van der Waals surface area contributed by atoms with Crippen LogP contribution >= 0.6 is 0 Å². The third kappa shape index (κ3) is 7.40. The Labute approximate surface area is 219 Å². The molecular weight excluding hydrogens is 490 g/mol. The fourth-order valence-electron chi connectivity index (χ4n) is 3.94. The number of para-hydroxylation sites is 1. The highest BCUT2D eigenvalue weighted by atomic mass is 16.4. The smallest absolute Gasteiger partial charge is 0.326 e. The second kappa shape index (κ2) is 12.8. The van der Waals surface area contributed by atoms with Crippen LogP contribution < -0.4 is 21.7 Å². The number of aromatic nitrogens is 1. The molecule has 0 aliphatic carbocycles. The molecule has 11 heteroatoms. The number of carbonyl (C=O) groups is 4. The summed E-state index contributed by atoms with van der Waals surface area (Å²) in [4.78, 5) is 53.4. The van der Waals surface area contributed by atoms with Crippen LogP contribution in [-0.4, -0.2) is 69.2 Å². The zero-order valence-electron chi connectivity index (χ0n) is 21.2. The lowest BCUT2D eigenvalue weighted by atomic mass is 10.0. The molecule has 3 rings (SSSR count). The van der Waals surface area contributed by atoms with Crippen molar-refractivity contribution in [2.24, 2.45) is 5.73 Å². The van der Waals surface area contributed by atoms with Crippen molar-refractivity contribution in [2.75, 3.05) is 0 Å². The first-order valence-corrected chi connectivity index (χ1v) is 12.2. The van der Waals surface area contributed by atoms with Gasteiger partial charge in [0.25, 0.3) is 0 Å². The Morgan fingerprint density at radius 1 is 0.842 bits per heavy atom. The van der Waals surface area contributed by atoms with Crippen molar-refractivity contribution in [2.45, 2.75) is 57.0 Å². The number of H-pyrrole nitrogens is 1. The van der Waals surface area contributed by atoms with E-state index in [1.807, 2.05) is 30.3 Å². The number of amides is 3. The van der Waals surface area contributed by atoms with Gasteiger partial charge in [-0.25, -0.2) is 4.79 Å². The predicted molar refractivity (Wildman–Crippen MR) is 141 cm³/mol. The molecule has 0 aliphatic heterocycles. The molecule has 0 saturated carbocycles. The summed E-state index contributed by atoms with van der Waals surface area (Å²) in [6, 6.07) is 11.7. The van der Waals surface area contributed by atoms with E-state index in [0.717, 1.165) is 22.0 Å². The number of fused-ring (bicyclic) bond motifs is 1. The first-order chi connectivity index (χ1) is 18.1. The molecule has 3 amide bonds. The van der Waals surface area contributed by atoms with Gasteiger partial charge < -0.3 is 36.9 Å². The fourth-order valence-corrected chi connectivity index (χ4v) is 3.94. The lowest BCUT2D eigenvalue weighted by Gasteiger charge is -2.24. The summed E-state index contributed by atoms with van der Waals surface area (Å²) < 4.78 is 0. The summed E-state index contributed by atoms with van der Waals surface area (Å²) in [7, 11) is 0. The summed E-state index contributed by atoms with van der Waals surface area (Å²) >= 11 is 0. The minimum absolute atomic E-state index is 0.0374. The first kappa shape index (κ1) is 28.4. The van der Waals surface area contributed by atoms with Crippen molar-refractivity contribution in [3.63, 3.8) is 0 Å². The van der Waals surface area contributed by atoms with E-state index in [0.29, 0.717) is 0 Å². The van der Waals surface area contributed by atoms with Crippen molar-refractivity contribution in [1.29, 1.82) is 0 Å². The molecule has 0 radical (unpaired) electrons. The van der Waals surface area contributed by atoms with E-state index in [-0.39, 0.29) is 12.8 Å². The Hall–Kier alpha value is -4.22. The standard InChI is InChI=1S/C27H33N5O6/c1-15(24(34)32-22(27(37)38)13-18-14-29-20-11-7-6-10-19(18)20)30-25(35)21(12-17-8-4-3-5-9-17)31-26(36)23(28)16(2)33/h3-11,14-16,21-23,29,33H,12-13,28H2,1-2H3,(H,30,35)(H,31,36)(H,32,34)(H,37,38). The Balaban J connectivity index is 1.68. The summed E-state index contributed by atoms with van der Waals surface area (Å²) in [5, 5.41) is 27.8. The van der Waals surface area contributed by atoms with E-state index in [1.54, 1.807) is 30.5 Å². The SMILES string of the molecule is CC(NC(=O)C(Cc1ccccc1)NC(=O)C(N)C(C)O)C(=O)NC(Cc1c[nH]c2ccccc12)C(=O)O. The van der Waals surface area contributed by atoms with Gasteiger partial charge in [-0.3, -0.25) is 14.4 Å². The summed E-state index contributed by atoms with van der Waals surface area (Å²) in [6.45, 7) is 2.78. The van der Waals surface area contributed by atoms with Gasteiger partial charge in [0.1, 0.15) is 24.2 Å². The minimum atomic E-state index is -1.25. The minimum Gasteiger partial charge on any atom is -0.480 e. The Morgan fingerprint density at radius 2 is 1.47 bits per heavy atom. The largest absolute Gasteiger partial charge is 0.480 e. The van der Waals surface area contributed by atoms with E-state index in [2.05, 4.69) is 20.9 Å². The maximum absolute atomic E-state index is 13.1. The van der Waals surface area contributed by atoms with Gasteiger partial charge in [0.15, 0.2) is 0 Å².